The van der Waals surface area contributed by atoms with E-state index in [2.05, 4.69) is 10.6 Å². The molecule has 0 unspecified atom stereocenters. The number of urea groups is 1. The van der Waals surface area contributed by atoms with Crippen molar-refractivity contribution >= 4 is 17.4 Å². The average Bonchev–Trinajstić information content (AvgIpc) is 2.95. The van der Waals surface area contributed by atoms with Crippen LogP contribution in [0.3, 0.4) is 0 Å². The Morgan fingerprint density at radius 1 is 1.14 bits per heavy atom. The summed E-state index contributed by atoms with van der Waals surface area (Å²) in [6, 6.07) is 0.393. The van der Waals surface area contributed by atoms with Gasteiger partial charge in [-0.05, 0) is 44.9 Å². The molecule has 0 atom stereocenters. The van der Waals surface area contributed by atoms with Crippen LogP contribution >= 0.6 is 11.3 Å². The van der Waals surface area contributed by atoms with Crippen molar-refractivity contribution in [2.75, 3.05) is 6.54 Å². The van der Waals surface area contributed by atoms with E-state index in [0.29, 0.717) is 6.04 Å². The molecular formula is C17H27N3OS. The quantitative estimate of drug-likeness (QED) is 0.814. The smallest absolute Gasteiger partial charge is 0.315 e. The highest BCUT2D eigenvalue weighted by Crippen LogP contribution is 2.27. The third-order valence-electron chi connectivity index (χ3n) is 4.68. The fraction of sp³-hybridized carbons (Fsp3) is 0.765. The van der Waals surface area contributed by atoms with Crippen molar-refractivity contribution in [1.29, 1.82) is 0 Å². The molecule has 2 aliphatic carbocycles. The number of amides is 2. The van der Waals surface area contributed by atoms with Crippen LogP contribution in [0.5, 0.6) is 0 Å². The van der Waals surface area contributed by atoms with Crippen molar-refractivity contribution in [3.05, 3.63) is 15.6 Å². The molecule has 2 aliphatic rings. The molecule has 0 spiro atoms. The van der Waals surface area contributed by atoms with Gasteiger partial charge in [0.25, 0.3) is 0 Å². The second kappa shape index (κ2) is 7.95. The number of rotatable bonds is 5. The normalized spacial score (nSPS) is 18.7. The largest absolute Gasteiger partial charge is 0.338 e. The molecule has 0 saturated heterocycles. The van der Waals surface area contributed by atoms with Gasteiger partial charge in [-0.1, -0.05) is 19.3 Å². The molecule has 0 aromatic carbocycles. The molecule has 0 radical (unpaired) electrons. The predicted octanol–water partition coefficient (Wildman–Crippen LogP) is 3.59. The van der Waals surface area contributed by atoms with E-state index in [0.717, 1.165) is 38.6 Å². The van der Waals surface area contributed by atoms with Gasteiger partial charge in [-0.2, -0.15) is 0 Å². The van der Waals surface area contributed by atoms with Crippen LogP contribution < -0.4 is 10.6 Å². The Balaban J connectivity index is 1.33. The molecule has 122 valence electrons. The lowest BCUT2D eigenvalue weighted by Gasteiger charge is -2.22. The molecule has 4 nitrogen and oxygen atoms in total. The molecule has 1 heterocycles. The minimum Gasteiger partial charge on any atom is -0.338 e. The van der Waals surface area contributed by atoms with Gasteiger partial charge in [0.05, 0.1) is 10.7 Å². The molecule has 0 aliphatic heterocycles. The highest BCUT2D eigenvalue weighted by atomic mass is 32.1. The summed E-state index contributed by atoms with van der Waals surface area (Å²) < 4.78 is 0. The summed E-state index contributed by atoms with van der Waals surface area (Å²) in [5.41, 5.74) is 1.34. The zero-order valence-corrected chi connectivity index (χ0v) is 14.1. The Morgan fingerprint density at radius 3 is 2.77 bits per heavy atom. The first-order chi connectivity index (χ1) is 10.8. The maximum atomic E-state index is 11.8. The van der Waals surface area contributed by atoms with Crippen molar-refractivity contribution in [2.24, 2.45) is 0 Å². The molecule has 0 bridgehead atoms. The Hall–Kier alpha value is -1.10. The number of nitrogens with one attached hydrogen (secondary N) is 2. The standard InChI is InChI=1S/C17H27N3OS/c21-17(19-13-7-2-1-3-8-13)18-12-6-11-16-20-14-9-4-5-10-15(14)22-16/h13H,1-12H2,(H2,18,19,21). The Labute approximate surface area is 137 Å². The number of fused-ring (bicyclic) bond motifs is 1. The lowest BCUT2D eigenvalue weighted by atomic mass is 9.96. The van der Waals surface area contributed by atoms with Crippen LogP contribution in [0.1, 0.15) is 66.9 Å². The van der Waals surface area contributed by atoms with E-state index in [-0.39, 0.29) is 6.03 Å². The molecule has 1 saturated carbocycles. The predicted molar refractivity (Wildman–Crippen MR) is 90.5 cm³/mol. The van der Waals surface area contributed by atoms with Gasteiger partial charge in [-0.15, -0.1) is 11.3 Å². The third-order valence-corrected chi connectivity index (χ3v) is 5.90. The molecule has 5 heteroatoms. The van der Waals surface area contributed by atoms with E-state index in [9.17, 15) is 4.79 Å². The van der Waals surface area contributed by atoms with Crippen LogP contribution in [-0.2, 0) is 19.3 Å². The van der Waals surface area contributed by atoms with Gasteiger partial charge < -0.3 is 10.6 Å². The minimum absolute atomic E-state index is 0.00494. The average molecular weight is 321 g/mol. The van der Waals surface area contributed by atoms with Crippen molar-refractivity contribution in [3.8, 4) is 0 Å². The molecule has 1 aromatic rings. The summed E-state index contributed by atoms with van der Waals surface area (Å²) >= 11 is 1.88. The van der Waals surface area contributed by atoms with E-state index in [4.69, 9.17) is 4.98 Å². The van der Waals surface area contributed by atoms with Gasteiger partial charge in [0.2, 0.25) is 0 Å². The summed E-state index contributed by atoms with van der Waals surface area (Å²) in [5.74, 6) is 0. The van der Waals surface area contributed by atoms with Crippen molar-refractivity contribution < 1.29 is 4.79 Å². The number of hydrogen-bond donors (Lipinski definition) is 2. The molecule has 1 aromatic heterocycles. The van der Waals surface area contributed by atoms with Crippen LogP contribution in [-0.4, -0.2) is 23.6 Å². The van der Waals surface area contributed by atoms with Crippen LogP contribution in [0.2, 0.25) is 0 Å². The summed E-state index contributed by atoms with van der Waals surface area (Å²) in [6.07, 6.45) is 13.0. The number of carbonyl (C=O) groups excluding carboxylic acids is 1. The van der Waals surface area contributed by atoms with Crippen LogP contribution in [0.15, 0.2) is 0 Å². The van der Waals surface area contributed by atoms with Crippen molar-refractivity contribution in [2.45, 2.75) is 76.7 Å². The fourth-order valence-electron chi connectivity index (χ4n) is 3.44. The Kier molecular flexibility index (Phi) is 5.70. The molecule has 3 rings (SSSR count). The van der Waals surface area contributed by atoms with Crippen LogP contribution in [0.4, 0.5) is 4.79 Å². The SMILES string of the molecule is O=C(NCCCc1nc2c(s1)CCCC2)NC1CCCCC1. The molecule has 1 fully saturated rings. The topological polar surface area (TPSA) is 54.0 Å². The minimum atomic E-state index is 0.00494. The van der Waals surface area contributed by atoms with Crippen molar-refractivity contribution in [1.82, 2.24) is 15.6 Å². The number of aromatic nitrogens is 1. The van der Waals surface area contributed by atoms with E-state index >= 15 is 0 Å². The number of thiazole rings is 1. The van der Waals surface area contributed by atoms with E-state index in [1.807, 2.05) is 11.3 Å². The van der Waals surface area contributed by atoms with Crippen LogP contribution in [0, 0.1) is 0 Å². The molecular weight excluding hydrogens is 294 g/mol. The zero-order chi connectivity index (χ0) is 15.2. The first-order valence-electron chi connectivity index (χ1n) is 8.83. The van der Waals surface area contributed by atoms with E-state index in [1.54, 1.807) is 0 Å². The summed E-state index contributed by atoms with van der Waals surface area (Å²) in [7, 11) is 0. The lowest BCUT2D eigenvalue weighted by Crippen LogP contribution is -2.43. The summed E-state index contributed by atoms with van der Waals surface area (Å²) in [6.45, 7) is 0.739. The van der Waals surface area contributed by atoms with Gasteiger partial charge in [-0.3, -0.25) is 0 Å². The number of carbonyl (C=O) groups is 1. The van der Waals surface area contributed by atoms with E-state index < -0.39 is 0 Å². The van der Waals surface area contributed by atoms with Gasteiger partial charge in [0.15, 0.2) is 0 Å². The summed E-state index contributed by atoms with van der Waals surface area (Å²) in [4.78, 5) is 18.1. The number of nitrogens with zero attached hydrogens (tertiary/aromatic N) is 1. The van der Waals surface area contributed by atoms with Crippen molar-refractivity contribution in [3.63, 3.8) is 0 Å². The fourth-order valence-corrected chi connectivity index (χ4v) is 4.64. The molecule has 22 heavy (non-hydrogen) atoms. The van der Waals surface area contributed by atoms with Crippen LogP contribution in [0.25, 0.3) is 0 Å². The molecule has 2 amide bonds. The monoisotopic (exact) mass is 321 g/mol. The maximum Gasteiger partial charge on any atom is 0.315 e. The summed E-state index contributed by atoms with van der Waals surface area (Å²) in [5, 5.41) is 7.33. The number of aryl methyl sites for hydroxylation is 3. The van der Waals surface area contributed by atoms with Gasteiger partial charge in [0, 0.05) is 23.9 Å². The maximum absolute atomic E-state index is 11.8. The zero-order valence-electron chi connectivity index (χ0n) is 13.3. The van der Waals surface area contributed by atoms with E-state index in [1.165, 1.54) is 54.1 Å². The second-order valence-electron chi connectivity index (χ2n) is 6.52. The Morgan fingerprint density at radius 2 is 1.95 bits per heavy atom. The second-order valence-corrected chi connectivity index (χ2v) is 7.69. The number of hydrogen-bond acceptors (Lipinski definition) is 3. The highest BCUT2D eigenvalue weighted by molar-refractivity contribution is 7.11. The van der Waals surface area contributed by atoms with Gasteiger partial charge >= 0.3 is 6.03 Å². The lowest BCUT2D eigenvalue weighted by molar-refractivity contribution is 0.232. The molecule has 2 N–H and O–H groups in total. The third kappa shape index (κ3) is 4.45. The first kappa shape index (κ1) is 15.8. The van der Waals surface area contributed by atoms with Gasteiger partial charge in [0.1, 0.15) is 0 Å². The first-order valence-corrected chi connectivity index (χ1v) is 9.65. The highest BCUT2D eigenvalue weighted by Gasteiger charge is 2.16. The van der Waals surface area contributed by atoms with Gasteiger partial charge in [-0.25, -0.2) is 9.78 Å². The Bertz CT molecular complexity index is 471.